The average molecular weight is 341 g/mol. The molecule has 0 aromatic carbocycles. The summed E-state index contributed by atoms with van der Waals surface area (Å²) in [5.41, 5.74) is 0.871. The summed E-state index contributed by atoms with van der Waals surface area (Å²) < 4.78 is 37.3. The first-order chi connectivity index (χ1) is 11.1. The van der Waals surface area contributed by atoms with Gasteiger partial charge in [-0.1, -0.05) is 6.07 Å². The van der Waals surface area contributed by atoms with E-state index in [0.717, 1.165) is 18.7 Å². The van der Waals surface area contributed by atoms with Gasteiger partial charge >= 0.3 is 0 Å². The van der Waals surface area contributed by atoms with Crippen LogP contribution in [0.25, 0.3) is 0 Å². The van der Waals surface area contributed by atoms with E-state index in [1.54, 1.807) is 16.7 Å². The molecule has 7 nitrogen and oxygen atoms in total. The van der Waals surface area contributed by atoms with Crippen LogP contribution in [-0.4, -0.2) is 81.0 Å². The van der Waals surface area contributed by atoms with Crippen molar-refractivity contribution in [1.29, 1.82) is 0 Å². The summed E-state index contributed by atoms with van der Waals surface area (Å²) in [6.07, 6.45) is 4.47. The molecule has 0 aliphatic carbocycles. The highest BCUT2D eigenvalue weighted by atomic mass is 32.2. The molecule has 2 aliphatic heterocycles. The lowest BCUT2D eigenvalue weighted by molar-refractivity contribution is -0.0689. The number of pyridine rings is 1. The van der Waals surface area contributed by atoms with Gasteiger partial charge in [0.15, 0.2) is 0 Å². The summed E-state index contributed by atoms with van der Waals surface area (Å²) >= 11 is 0. The van der Waals surface area contributed by atoms with Gasteiger partial charge in [0.2, 0.25) is 10.0 Å². The molecule has 0 spiro atoms. The first kappa shape index (κ1) is 16.8. The van der Waals surface area contributed by atoms with Crippen LogP contribution >= 0.6 is 0 Å². The number of hydrogen-bond donors (Lipinski definition) is 0. The fourth-order valence-corrected chi connectivity index (χ4v) is 4.28. The normalized spacial score (nSPS) is 27.9. The maximum absolute atomic E-state index is 12.2. The molecule has 0 bridgehead atoms. The van der Waals surface area contributed by atoms with Gasteiger partial charge in [0, 0.05) is 38.6 Å². The standard InChI is InChI=1S/C15H23N3O4S/c1-23(19,20)18-7-10-22-14(12-17-5-8-21-9-6-17)15(18)13-3-2-4-16-11-13/h2-4,11,14-15H,5-10,12H2,1H3/t14-,15-/m0/s1. The number of aromatic nitrogens is 1. The number of sulfonamides is 1. The maximum atomic E-state index is 12.2. The third-order valence-electron chi connectivity index (χ3n) is 4.30. The summed E-state index contributed by atoms with van der Waals surface area (Å²) in [6, 6.07) is 3.41. The molecule has 3 rings (SSSR count). The molecule has 0 radical (unpaired) electrons. The second kappa shape index (κ2) is 7.23. The summed E-state index contributed by atoms with van der Waals surface area (Å²) in [5, 5.41) is 0. The van der Waals surface area contributed by atoms with Gasteiger partial charge in [-0.25, -0.2) is 8.42 Å². The van der Waals surface area contributed by atoms with Gasteiger partial charge in [0.25, 0.3) is 0 Å². The van der Waals surface area contributed by atoms with E-state index in [4.69, 9.17) is 9.47 Å². The van der Waals surface area contributed by atoms with E-state index in [1.807, 2.05) is 12.1 Å². The Morgan fingerprint density at radius 3 is 2.70 bits per heavy atom. The van der Waals surface area contributed by atoms with Crippen LogP contribution in [0.4, 0.5) is 0 Å². The average Bonchev–Trinajstić information content (AvgIpc) is 2.56. The lowest BCUT2D eigenvalue weighted by Gasteiger charge is -2.42. The van der Waals surface area contributed by atoms with Crippen molar-refractivity contribution in [2.75, 3.05) is 52.3 Å². The largest absolute Gasteiger partial charge is 0.379 e. The number of morpholine rings is 2. The summed E-state index contributed by atoms with van der Waals surface area (Å²) in [7, 11) is -3.31. The summed E-state index contributed by atoms with van der Waals surface area (Å²) in [4.78, 5) is 6.41. The molecule has 2 fully saturated rings. The molecule has 0 unspecified atom stereocenters. The fraction of sp³-hybridized carbons (Fsp3) is 0.667. The first-order valence-electron chi connectivity index (χ1n) is 7.84. The molecule has 2 saturated heterocycles. The highest BCUT2D eigenvalue weighted by Gasteiger charge is 2.39. The lowest BCUT2D eigenvalue weighted by Crippen LogP contribution is -2.52. The monoisotopic (exact) mass is 341 g/mol. The van der Waals surface area contributed by atoms with E-state index in [1.165, 1.54) is 6.26 Å². The molecular formula is C15H23N3O4S. The second-order valence-corrected chi connectivity index (χ2v) is 7.86. The molecule has 8 heteroatoms. The van der Waals surface area contributed by atoms with E-state index in [-0.39, 0.29) is 12.1 Å². The van der Waals surface area contributed by atoms with E-state index >= 15 is 0 Å². The first-order valence-corrected chi connectivity index (χ1v) is 9.69. The molecule has 2 aliphatic rings. The van der Waals surface area contributed by atoms with Gasteiger partial charge < -0.3 is 9.47 Å². The Kier molecular flexibility index (Phi) is 5.27. The zero-order valence-corrected chi connectivity index (χ0v) is 14.1. The molecular weight excluding hydrogens is 318 g/mol. The van der Waals surface area contributed by atoms with Crippen LogP contribution in [0.5, 0.6) is 0 Å². The zero-order valence-electron chi connectivity index (χ0n) is 13.3. The van der Waals surface area contributed by atoms with Crippen molar-refractivity contribution < 1.29 is 17.9 Å². The second-order valence-electron chi connectivity index (χ2n) is 5.93. The van der Waals surface area contributed by atoms with Gasteiger partial charge in [-0.2, -0.15) is 4.31 Å². The van der Waals surface area contributed by atoms with Crippen molar-refractivity contribution in [1.82, 2.24) is 14.2 Å². The van der Waals surface area contributed by atoms with Crippen LogP contribution in [0.2, 0.25) is 0 Å². The van der Waals surface area contributed by atoms with Crippen molar-refractivity contribution in [3.05, 3.63) is 30.1 Å². The smallest absolute Gasteiger partial charge is 0.211 e. The Labute approximate surface area is 137 Å². The Hall–Kier alpha value is -1.06. The molecule has 23 heavy (non-hydrogen) atoms. The highest BCUT2D eigenvalue weighted by Crippen LogP contribution is 2.31. The molecule has 128 valence electrons. The van der Waals surface area contributed by atoms with Gasteiger partial charge in [-0.15, -0.1) is 0 Å². The fourth-order valence-electron chi connectivity index (χ4n) is 3.20. The predicted molar refractivity (Wildman–Crippen MR) is 85.5 cm³/mol. The van der Waals surface area contributed by atoms with Crippen LogP contribution in [0.1, 0.15) is 11.6 Å². The highest BCUT2D eigenvalue weighted by molar-refractivity contribution is 7.88. The molecule has 0 saturated carbocycles. The quantitative estimate of drug-likeness (QED) is 0.774. The third-order valence-corrected chi connectivity index (χ3v) is 5.56. The van der Waals surface area contributed by atoms with Gasteiger partial charge in [-0.05, 0) is 11.6 Å². The number of hydrogen-bond acceptors (Lipinski definition) is 6. The number of ether oxygens (including phenoxy) is 2. The third kappa shape index (κ3) is 4.07. The molecule has 3 heterocycles. The minimum absolute atomic E-state index is 0.208. The van der Waals surface area contributed by atoms with Crippen LogP contribution < -0.4 is 0 Å². The van der Waals surface area contributed by atoms with Gasteiger partial charge in [0.05, 0.1) is 38.2 Å². The van der Waals surface area contributed by atoms with Crippen molar-refractivity contribution in [2.45, 2.75) is 12.1 Å². The minimum atomic E-state index is -3.31. The molecule has 0 amide bonds. The van der Waals surface area contributed by atoms with Crippen molar-refractivity contribution in [3.8, 4) is 0 Å². The predicted octanol–water partition coefficient (Wildman–Crippen LogP) is 0.115. The van der Waals surface area contributed by atoms with E-state index in [9.17, 15) is 8.42 Å². The number of rotatable bonds is 4. The Bertz CT molecular complexity index is 604. The Morgan fingerprint density at radius 1 is 1.26 bits per heavy atom. The van der Waals surface area contributed by atoms with Crippen molar-refractivity contribution in [2.24, 2.45) is 0 Å². The topological polar surface area (TPSA) is 72.0 Å². The maximum Gasteiger partial charge on any atom is 0.211 e. The molecule has 2 atom stereocenters. The minimum Gasteiger partial charge on any atom is -0.379 e. The lowest BCUT2D eigenvalue weighted by atomic mass is 10.0. The van der Waals surface area contributed by atoms with E-state index < -0.39 is 10.0 Å². The van der Waals surface area contributed by atoms with E-state index in [2.05, 4.69) is 9.88 Å². The summed E-state index contributed by atoms with van der Waals surface area (Å²) in [5.74, 6) is 0. The van der Waals surface area contributed by atoms with Crippen molar-refractivity contribution >= 4 is 10.0 Å². The molecule has 1 aromatic rings. The van der Waals surface area contributed by atoms with Crippen LogP contribution in [0.3, 0.4) is 0 Å². The van der Waals surface area contributed by atoms with Crippen LogP contribution in [0.15, 0.2) is 24.5 Å². The van der Waals surface area contributed by atoms with Gasteiger partial charge in [-0.3, -0.25) is 9.88 Å². The van der Waals surface area contributed by atoms with Crippen LogP contribution in [-0.2, 0) is 19.5 Å². The van der Waals surface area contributed by atoms with Crippen LogP contribution in [0, 0.1) is 0 Å². The van der Waals surface area contributed by atoms with E-state index in [0.29, 0.717) is 32.9 Å². The Morgan fingerprint density at radius 2 is 2.04 bits per heavy atom. The SMILES string of the molecule is CS(=O)(=O)N1CCO[C@@H](CN2CCOCC2)[C@@H]1c1cccnc1. The van der Waals surface area contributed by atoms with Gasteiger partial charge in [0.1, 0.15) is 0 Å². The number of nitrogens with zero attached hydrogens (tertiary/aromatic N) is 3. The molecule has 1 aromatic heterocycles. The summed E-state index contributed by atoms with van der Waals surface area (Å²) in [6.45, 7) is 4.59. The Balaban J connectivity index is 1.86. The molecule has 0 N–H and O–H groups in total. The van der Waals surface area contributed by atoms with Crippen molar-refractivity contribution in [3.63, 3.8) is 0 Å². The zero-order chi connectivity index (χ0) is 16.3.